The molecule has 0 unspecified atom stereocenters. The highest BCUT2D eigenvalue weighted by Crippen LogP contribution is 2.25. The molecule has 0 aliphatic heterocycles. The van der Waals surface area contributed by atoms with Crippen LogP contribution in [0.2, 0.25) is 0 Å². The molecule has 0 bridgehead atoms. The van der Waals surface area contributed by atoms with Crippen LogP contribution in [-0.2, 0) is 10.2 Å². The van der Waals surface area contributed by atoms with E-state index in [4.69, 9.17) is 0 Å². The van der Waals surface area contributed by atoms with E-state index in [1.807, 2.05) is 6.92 Å². The monoisotopic (exact) mass is 258 g/mol. The third kappa shape index (κ3) is 3.34. The maximum Gasteiger partial charge on any atom is 0.301 e. The summed E-state index contributed by atoms with van der Waals surface area (Å²) in [6.07, 6.45) is 0. The lowest BCUT2D eigenvalue weighted by atomic mass is 10.2. The van der Waals surface area contributed by atoms with Gasteiger partial charge in [-0.05, 0) is 24.6 Å². The van der Waals surface area contributed by atoms with Crippen molar-refractivity contribution in [2.45, 2.75) is 20.8 Å². The molecule has 5 nitrogen and oxygen atoms in total. The van der Waals surface area contributed by atoms with Crippen molar-refractivity contribution < 1.29 is 13.5 Å². The van der Waals surface area contributed by atoms with Crippen LogP contribution in [0.3, 0.4) is 0 Å². The topological polar surface area (TPSA) is 69.6 Å². The lowest BCUT2D eigenvalue weighted by Crippen LogP contribution is -2.35. The van der Waals surface area contributed by atoms with Crippen molar-refractivity contribution in [1.82, 2.24) is 4.31 Å². The molecule has 0 fully saturated rings. The maximum absolute atomic E-state index is 11.9. The predicted octanol–water partition coefficient (Wildman–Crippen LogP) is 1.70. The molecule has 96 valence electrons. The van der Waals surface area contributed by atoms with Gasteiger partial charge in [0, 0.05) is 13.1 Å². The molecule has 6 heteroatoms. The zero-order chi connectivity index (χ0) is 13.1. The van der Waals surface area contributed by atoms with E-state index in [-0.39, 0.29) is 11.4 Å². The van der Waals surface area contributed by atoms with Crippen LogP contribution in [0.5, 0.6) is 5.75 Å². The van der Waals surface area contributed by atoms with Gasteiger partial charge in [0.25, 0.3) is 0 Å². The van der Waals surface area contributed by atoms with Gasteiger partial charge in [0.1, 0.15) is 5.75 Å². The molecule has 0 atom stereocenters. The number of aryl methyl sites for hydroxylation is 1. The largest absolute Gasteiger partial charge is 0.506 e. The van der Waals surface area contributed by atoms with Crippen LogP contribution in [0.4, 0.5) is 5.69 Å². The molecule has 0 aromatic heterocycles. The van der Waals surface area contributed by atoms with Crippen molar-refractivity contribution in [3.63, 3.8) is 0 Å². The summed E-state index contributed by atoms with van der Waals surface area (Å²) >= 11 is 0. The normalized spacial score (nSPS) is 11.8. The fourth-order valence-corrected chi connectivity index (χ4v) is 2.75. The fraction of sp³-hybridized carbons (Fsp3) is 0.455. The number of phenolic OH excluding ortho intramolecular Hbond substituents is 1. The summed E-state index contributed by atoms with van der Waals surface area (Å²) < 4.78 is 27.5. The molecule has 0 radical (unpaired) electrons. The molecule has 0 spiro atoms. The number of phenols is 1. The van der Waals surface area contributed by atoms with E-state index >= 15 is 0 Å². The maximum atomic E-state index is 11.9. The Balaban J connectivity index is 3.01. The molecule has 2 N–H and O–H groups in total. The third-order valence-corrected chi connectivity index (χ3v) is 4.11. The first-order chi connectivity index (χ1) is 7.90. The first kappa shape index (κ1) is 13.8. The van der Waals surface area contributed by atoms with Gasteiger partial charge in [0.2, 0.25) is 0 Å². The van der Waals surface area contributed by atoms with Crippen LogP contribution >= 0.6 is 0 Å². The number of aromatic hydroxyl groups is 1. The number of hydrogen-bond acceptors (Lipinski definition) is 3. The zero-order valence-electron chi connectivity index (χ0n) is 10.3. The van der Waals surface area contributed by atoms with Gasteiger partial charge in [0.15, 0.2) is 0 Å². The smallest absolute Gasteiger partial charge is 0.301 e. The average molecular weight is 258 g/mol. The summed E-state index contributed by atoms with van der Waals surface area (Å²) in [5.74, 6) is -0.0775. The highest BCUT2D eigenvalue weighted by atomic mass is 32.2. The fourth-order valence-electron chi connectivity index (χ4n) is 1.50. The molecule has 0 heterocycles. The minimum absolute atomic E-state index is 0.0775. The van der Waals surface area contributed by atoms with Crippen molar-refractivity contribution in [3.8, 4) is 5.75 Å². The number of benzene rings is 1. The van der Waals surface area contributed by atoms with Crippen molar-refractivity contribution in [2.75, 3.05) is 17.8 Å². The first-order valence-electron chi connectivity index (χ1n) is 5.48. The van der Waals surface area contributed by atoms with Crippen LogP contribution in [-0.4, -0.2) is 30.9 Å². The number of hydrogen-bond donors (Lipinski definition) is 2. The zero-order valence-corrected chi connectivity index (χ0v) is 11.1. The lowest BCUT2D eigenvalue weighted by Gasteiger charge is -2.20. The molecule has 17 heavy (non-hydrogen) atoms. The van der Waals surface area contributed by atoms with Gasteiger partial charge in [-0.1, -0.05) is 19.9 Å². The van der Waals surface area contributed by atoms with E-state index in [1.165, 1.54) is 10.4 Å². The van der Waals surface area contributed by atoms with E-state index in [1.54, 1.807) is 26.0 Å². The second-order valence-electron chi connectivity index (χ2n) is 3.71. The Kier molecular flexibility index (Phi) is 4.36. The Morgan fingerprint density at radius 3 is 2.41 bits per heavy atom. The minimum Gasteiger partial charge on any atom is -0.506 e. The Labute approximate surface area is 102 Å². The number of nitrogens with zero attached hydrogens (tertiary/aromatic N) is 1. The standard InChI is InChI=1S/C11H18N2O3S/c1-4-13(5-2)17(15,16)12-10-8-9(3)6-7-11(10)14/h6-8,12,14H,4-5H2,1-3H3. The number of rotatable bonds is 5. The van der Waals surface area contributed by atoms with Crippen LogP contribution in [0.25, 0.3) is 0 Å². The minimum atomic E-state index is -3.59. The SMILES string of the molecule is CCN(CC)S(=O)(=O)Nc1cc(C)ccc1O. The van der Waals surface area contributed by atoms with Crippen molar-refractivity contribution >= 4 is 15.9 Å². The Morgan fingerprint density at radius 2 is 1.88 bits per heavy atom. The molecular weight excluding hydrogens is 240 g/mol. The van der Waals surface area contributed by atoms with Crippen LogP contribution in [0.1, 0.15) is 19.4 Å². The van der Waals surface area contributed by atoms with Gasteiger partial charge in [-0.3, -0.25) is 4.72 Å². The van der Waals surface area contributed by atoms with Crippen LogP contribution in [0, 0.1) is 6.92 Å². The average Bonchev–Trinajstić information content (AvgIpc) is 2.24. The highest BCUT2D eigenvalue weighted by molar-refractivity contribution is 7.90. The molecule has 0 aliphatic carbocycles. The molecule has 1 aromatic carbocycles. The predicted molar refractivity (Wildman–Crippen MR) is 68.3 cm³/mol. The van der Waals surface area contributed by atoms with Gasteiger partial charge in [-0.25, -0.2) is 0 Å². The molecule has 1 aromatic rings. The van der Waals surface area contributed by atoms with Crippen molar-refractivity contribution in [1.29, 1.82) is 0 Å². The quantitative estimate of drug-likeness (QED) is 0.790. The van der Waals surface area contributed by atoms with E-state index in [0.717, 1.165) is 5.56 Å². The van der Waals surface area contributed by atoms with Crippen molar-refractivity contribution in [2.24, 2.45) is 0 Å². The third-order valence-electron chi connectivity index (χ3n) is 2.44. The lowest BCUT2D eigenvalue weighted by molar-refractivity contribution is 0.448. The van der Waals surface area contributed by atoms with Crippen LogP contribution < -0.4 is 4.72 Å². The highest BCUT2D eigenvalue weighted by Gasteiger charge is 2.19. The summed E-state index contributed by atoms with van der Waals surface area (Å²) in [7, 11) is -3.59. The summed E-state index contributed by atoms with van der Waals surface area (Å²) in [5.41, 5.74) is 1.08. The Hall–Kier alpha value is -1.27. The van der Waals surface area contributed by atoms with Gasteiger partial charge in [0.05, 0.1) is 5.69 Å². The van der Waals surface area contributed by atoms with Gasteiger partial charge in [-0.15, -0.1) is 0 Å². The second-order valence-corrected chi connectivity index (χ2v) is 5.38. The molecular formula is C11H18N2O3S. The van der Waals surface area contributed by atoms with E-state index < -0.39 is 10.2 Å². The van der Waals surface area contributed by atoms with E-state index in [2.05, 4.69) is 4.72 Å². The van der Waals surface area contributed by atoms with Crippen LogP contribution in [0.15, 0.2) is 18.2 Å². The molecule has 0 aliphatic rings. The van der Waals surface area contributed by atoms with Crippen molar-refractivity contribution in [3.05, 3.63) is 23.8 Å². The summed E-state index contributed by atoms with van der Waals surface area (Å²) in [4.78, 5) is 0. The number of nitrogens with one attached hydrogen (secondary N) is 1. The molecule has 0 saturated heterocycles. The van der Waals surface area contributed by atoms with E-state index in [9.17, 15) is 13.5 Å². The summed E-state index contributed by atoms with van der Waals surface area (Å²) in [5, 5.41) is 9.58. The molecule has 0 amide bonds. The second kappa shape index (κ2) is 5.37. The van der Waals surface area contributed by atoms with Gasteiger partial charge >= 0.3 is 10.2 Å². The Morgan fingerprint density at radius 1 is 1.29 bits per heavy atom. The van der Waals surface area contributed by atoms with Gasteiger partial charge in [-0.2, -0.15) is 12.7 Å². The van der Waals surface area contributed by atoms with E-state index in [0.29, 0.717) is 13.1 Å². The molecule has 1 rings (SSSR count). The van der Waals surface area contributed by atoms with Gasteiger partial charge < -0.3 is 5.11 Å². The molecule has 0 saturated carbocycles. The number of anilines is 1. The Bertz CT molecular complexity index is 481. The summed E-state index contributed by atoms with van der Waals surface area (Å²) in [6, 6.07) is 4.77. The summed E-state index contributed by atoms with van der Waals surface area (Å²) in [6.45, 7) is 6.13. The first-order valence-corrected chi connectivity index (χ1v) is 6.92.